The summed E-state index contributed by atoms with van der Waals surface area (Å²) in [7, 11) is -3.37. The van der Waals surface area contributed by atoms with Crippen LogP contribution in [0.2, 0.25) is 0 Å². The lowest BCUT2D eigenvalue weighted by Crippen LogP contribution is -2.32. The van der Waals surface area contributed by atoms with Gasteiger partial charge in [-0.2, -0.15) is 0 Å². The van der Waals surface area contributed by atoms with E-state index in [2.05, 4.69) is 0 Å². The maximum Gasteiger partial charge on any atom is 0.284 e. The monoisotopic (exact) mass is 426 g/mol. The van der Waals surface area contributed by atoms with Crippen LogP contribution in [0.1, 0.15) is 58.4 Å². The Hall–Kier alpha value is -1.76. The first kappa shape index (κ1) is 21.9. The second-order valence-electron chi connectivity index (χ2n) is 9.15. The van der Waals surface area contributed by atoms with Crippen LogP contribution in [-0.4, -0.2) is 32.5 Å². The van der Waals surface area contributed by atoms with E-state index in [4.69, 9.17) is 4.74 Å². The molecule has 29 heavy (non-hydrogen) atoms. The molecule has 0 radical (unpaired) electrons. The summed E-state index contributed by atoms with van der Waals surface area (Å²) in [6.45, 7) is 5.68. The van der Waals surface area contributed by atoms with Crippen molar-refractivity contribution in [1.82, 2.24) is 0 Å². The first-order chi connectivity index (χ1) is 13.3. The Morgan fingerprint density at radius 3 is 2.10 bits per heavy atom. The maximum absolute atomic E-state index is 14.3. The average molecular weight is 427 g/mol. The summed E-state index contributed by atoms with van der Waals surface area (Å²) in [5.41, 5.74) is 0.577. The standard InChI is InChI=1S/C22H28F2O4S/c1-21(2,3)18(14-9-11-16(12-10-14)29(4,26)27)20(19(25)15-7-8-15)28-17-6-5-13-22(17,23)24/h9-12,15,17H,5-8,13H2,1-4H3/b20-18+. The van der Waals surface area contributed by atoms with Crippen molar-refractivity contribution in [2.45, 2.75) is 69.8 Å². The zero-order valence-corrected chi connectivity index (χ0v) is 18.1. The number of rotatable bonds is 6. The summed E-state index contributed by atoms with van der Waals surface area (Å²) in [6, 6.07) is 6.18. The van der Waals surface area contributed by atoms with Crippen molar-refractivity contribution < 1.29 is 26.7 Å². The van der Waals surface area contributed by atoms with Crippen LogP contribution in [0, 0.1) is 11.3 Å². The minimum absolute atomic E-state index is 0.0127. The van der Waals surface area contributed by atoms with Crippen molar-refractivity contribution in [3.63, 3.8) is 0 Å². The molecule has 160 valence electrons. The Kier molecular flexibility index (Phi) is 5.67. The SMILES string of the molecule is CC(C)(C)/C(=C(/OC1CCCC1(F)F)C(=O)C1CC1)c1ccc(S(C)(=O)=O)cc1. The fourth-order valence-corrected chi connectivity index (χ4v) is 4.36. The Bertz CT molecular complexity index is 921. The molecule has 2 aliphatic rings. The third kappa shape index (κ3) is 4.87. The Morgan fingerprint density at radius 1 is 1.10 bits per heavy atom. The average Bonchev–Trinajstić information content (AvgIpc) is 3.37. The second-order valence-corrected chi connectivity index (χ2v) is 11.2. The minimum atomic E-state index is -3.37. The number of carbonyl (C=O) groups excluding carboxylic acids is 1. The van der Waals surface area contributed by atoms with Gasteiger partial charge in [-0.1, -0.05) is 32.9 Å². The van der Waals surface area contributed by atoms with Crippen LogP contribution >= 0.6 is 0 Å². The van der Waals surface area contributed by atoms with Crippen LogP contribution in [0.3, 0.4) is 0 Å². The van der Waals surface area contributed by atoms with Crippen molar-refractivity contribution in [2.24, 2.45) is 11.3 Å². The number of hydrogen-bond acceptors (Lipinski definition) is 4. The summed E-state index contributed by atoms with van der Waals surface area (Å²) in [5.74, 6) is -3.37. The fourth-order valence-electron chi connectivity index (χ4n) is 3.73. The van der Waals surface area contributed by atoms with Gasteiger partial charge in [0, 0.05) is 24.2 Å². The van der Waals surface area contributed by atoms with Gasteiger partial charge in [-0.15, -0.1) is 0 Å². The van der Waals surface area contributed by atoms with Crippen LogP contribution in [0.5, 0.6) is 0 Å². The second kappa shape index (κ2) is 7.49. The van der Waals surface area contributed by atoms with Crippen LogP contribution in [0.25, 0.3) is 5.57 Å². The molecule has 0 heterocycles. The number of alkyl halides is 2. The normalized spacial score (nSPS) is 22.9. The van der Waals surface area contributed by atoms with Gasteiger partial charge < -0.3 is 4.74 Å². The van der Waals surface area contributed by atoms with Crippen molar-refractivity contribution in [3.05, 3.63) is 35.6 Å². The number of Topliss-reactive ketones (excluding diaryl/α,β-unsaturated/α-hetero) is 1. The highest BCUT2D eigenvalue weighted by Gasteiger charge is 2.48. The van der Waals surface area contributed by atoms with Crippen LogP contribution in [0.4, 0.5) is 8.78 Å². The lowest BCUT2D eigenvalue weighted by molar-refractivity contribution is -0.128. The molecule has 4 nitrogen and oxygen atoms in total. The number of allylic oxidation sites excluding steroid dienone is 2. The van der Waals surface area contributed by atoms with Crippen molar-refractivity contribution in [2.75, 3.05) is 6.26 Å². The van der Waals surface area contributed by atoms with Gasteiger partial charge in [0.1, 0.15) is 0 Å². The molecule has 0 bridgehead atoms. The lowest BCUT2D eigenvalue weighted by Gasteiger charge is -2.30. The quantitative estimate of drug-likeness (QED) is 0.473. The molecule has 2 fully saturated rings. The molecule has 0 N–H and O–H groups in total. The minimum Gasteiger partial charge on any atom is -0.480 e. The molecule has 0 saturated heterocycles. The molecule has 7 heteroatoms. The fraction of sp³-hybridized carbons (Fsp3) is 0.591. The van der Waals surface area contributed by atoms with Crippen molar-refractivity contribution in [1.29, 1.82) is 0 Å². The molecule has 0 aliphatic heterocycles. The third-order valence-electron chi connectivity index (χ3n) is 5.43. The molecule has 2 aliphatic carbocycles. The summed E-state index contributed by atoms with van der Waals surface area (Å²) in [5, 5.41) is 0. The first-order valence-electron chi connectivity index (χ1n) is 9.94. The van der Waals surface area contributed by atoms with E-state index in [0.717, 1.165) is 19.1 Å². The van der Waals surface area contributed by atoms with Gasteiger partial charge >= 0.3 is 0 Å². The van der Waals surface area contributed by atoms with Gasteiger partial charge in [0.25, 0.3) is 5.92 Å². The largest absolute Gasteiger partial charge is 0.480 e. The molecule has 1 atom stereocenters. The number of sulfone groups is 1. The Morgan fingerprint density at radius 2 is 1.69 bits per heavy atom. The molecule has 1 aromatic rings. The third-order valence-corrected chi connectivity index (χ3v) is 6.56. The van der Waals surface area contributed by atoms with E-state index in [1.165, 1.54) is 12.1 Å². The topological polar surface area (TPSA) is 60.4 Å². The van der Waals surface area contributed by atoms with Crippen molar-refractivity contribution >= 4 is 21.2 Å². The van der Waals surface area contributed by atoms with E-state index in [9.17, 15) is 22.0 Å². The number of ketones is 1. The zero-order chi connectivity index (χ0) is 21.6. The molecule has 1 unspecified atom stereocenters. The highest BCUT2D eigenvalue weighted by Crippen LogP contribution is 2.45. The van der Waals surface area contributed by atoms with E-state index >= 15 is 0 Å². The summed E-state index contributed by atoms with van der Waals surface area (Å²) in [6.07, 6.45) is 1.60. The summed E-state index contributed by atoms with van der Waals surface area (Å²) < 4.78 is 57.9. The van der Waals surface area contributed by atoms with Gasteiger partial charge in [0.15, 0.2) is 21.7 Å². The molecule has 2 saturated carbocycles. The van der Waals surface area contributed by atoms with Gasteiger partial charge in [-0.05, 0) is 48.8 Å². The van der Waals surface area contributed by atoms with E-state index in [0.29, 0.717) is 17.6 Å². The Labute approximate surface area is 171 Å². The molecule has 0 amide bonds. The summed E-state index contributed by atoms with van der Waals surface area (Å²) >= 11 is 0. The molecule has 0 spiro atoms. The van der Waals surface area contributed by atoms with E-state index in [1.807, 2.05) is 20.8 Å². The molecule has 3 rings (SSSR count). The number of halogens is 2. The van der Waals surface area contributed by atoms with E-state index in [1.54, 1.807) is 12.1 Å². The summed E-state index contributed by atoms with van der Waals surface area (Å²) in [4.78, 5) is 13.2. The number of benzene rings is 1. The number of ether oxygens (including phenoxy) is 1. The van der Waals surface area contributed by atoms with Crippen LogP contribution < -0.4 is 0 Å². The van der Waals surface area contributed by atoms with Gasteiger partial charge in [0.05, 0.1) is 4.90 Å². The van der Waals surface area contributed by atoms with Crippen molar-refractivity contribution in [3.8, 4) is 0 Å². The van der Waals surface area contributed by atoms with Gasteiger partial charge in [-0.25, -0.2) is 17.2 Å². The van der Waals surface area contributed by atoms with Gasteiger partial charge in [-0.3, -0.25) is 4.79 Å². The molecule has 1 aromatic carbocycles. The highest BCUT2D eigenvalue weighted by atomic mass is 32.2. The number of hydrogen-bond donors (Lipinski definition) is 0. The molecular weight excluding hydrogens is 398 g/mol. The number of carbonyl (C=O) groups is 1. The molecule has 0 aromatic heterocycles. The van der Waals surface area contributed by atoms with Crippen LogP contribution in [-0.2, 0) is 19.4 Å². The lowest BCUT2D eigenvalue weighted by atomic mass is 9.80. The zero-order valence-electron chi connectivity index (χ0n) is 17.3. The Balaban J connectivity index is 2.12. The van der Waals surface area contributed by atoms with E-state index in [-0.39, 0.29) is 35.2 Å². The predicted octanol–water partition coefficient (Wildman–Crippen LogP) is 5.03. The first-order valence-corrected chi connectivity index (χ1v) is 11.8. The molecular formula is C22H28F2O4S. The predicted molar refractivity (Wildman–Crippen MR) is 107 cm³/mol. The highest BCUT2D eigenvalue weighted by molar-refractivity contribution is 7.90. The van der Waals surface area contributed by atoms with E-state index < -0.39 is 27.3 Å². The maximum atomic E-state index is 14.3. The van der Waals surface area contributed by atoms with Crippen LogP contribution in [0.15, 0.2) is 34.9 Å². The smallest absolute Gasteiger partial charge is 0.284 e. The van der Waals surface area contributed by atoms with Gasteiger partial charge in [0.2, 0.25) is 5.78 Å².